The minimum Gasteiger partial charge on any atom is -0.493 e. The predicted octanol–water partition coefficient (Wildman–Crippen LogP) is 3.92. The summed E-state index contributed by atoms with van der Waals surface area (Å²) >= 11 is 0. The first kappa shape index (κ1) is 27.7. The molecule has 186 valence electrons. The number of benzene rings is 1. The van der Waals surface area contributed by atoms with Crippen molar-refractivity contribution < 1.29 is 14.3 Å². The molecular formula is C25H41IN4O3. The second kappa shape index (κ2) is 15.4. The highest BCUT2D eigenvalue weighted by molar-refractivity contribution is 14.0. The Morgan fingerprint density at radius 1 is 1.18 bits per heavy atom. The van der Waals surface area contributed by atoms with Crippen molar-refractivity contribution in [2.75, 3.05) is 32.9 Å². The van der Waals surface area contributed by atoms with Crippen molar-refractivity contribution in [2.45, 2.75) is 71.4 Å². The highest BCUT2D eigenvalue weighted by Gasteiger charge is 2.17. The third-order valence-corrected chi connectivity index (χ3v) is 6.09. The Hall–Kier alpha value is -1.55. The van der Waals surface area contributed by atoms with Crippen LogP contribution in [0.2, 0.25) is 0 Å². The van der Waals surface area contributed by atoms with Crippen LogP contribution in [0.25, 0.3) is 0 Å². The van der Waals surface area contributed by atoms with Crippen LogP contribution in [0.1, 0.15) is 63.0 Å². The minimum atomic E-state index is 0. The number of hydrogen-bond acceptors (Lipinski definition) is 4. The molecule has 1 aliphatic heterocycles. The van der Waals surface area contributed by atoms with Gasteiger partial charge in [0.25, 0.3) is 0 Å². The Bertz CT molecular complexity index is 747. The number of amides is 1. The molecule has 1 amide bonds. The first-order chi connectivity index (χ1) is 15.6. The molecule has 3 rings (SSSR count). The summed E-state index contributed by atoms with van der Waals surface area (Å²) in [6.07, 6.45) is 7.46. The van der Waals surface area contributed by atoms with Crippen molar-refractivity contribution >= 4 is 35.8 Å². The molecule has 1 saturated heterocycles. The summed E-state index contributed by atoms with van der Waals surface area (Å²) in [5.41, 5.74) is 2.23. The number of carbonyl (C=O) groups excluding carboxylic acids is 1. The van der Waals surface area contributed by atoms with Crippen LogP contribution in [0.15, 0.2) is 23.2 Å². The standard InChI is InChI=1S/C25H40N4O3.HI/c1-3-26-25(27-13-11-24(30)29-22-7-5-4-6-8-22)28-16-21-10-9-19(2)15-23(21)32-18-20-12-14-31-17-20;/h9-10,15,20,22H,3-8,11-14,16-18H2,1-2H3,(H,29,30)(H2,26,27,28);1H. The first-order valence-corrected chi connectivity index (χ1v) is 12.3. The molecule has 1 atom stereocenters. The summed E-state index contributed by atoms with van der Waals surface area (Å²) in [7, 11) is 0. The molecule has 1 saturated carbocycles. The van der Waals surface area contributed by atoms with E-state index in [0.717, 1.165) is 50.3 Å². The topological polar surface area (TPSA) is 84.0 Å². The van der Waals surface area contributed by atoms with E-state index in [9.17, 15) is 4.79 Å². The Balaban J connectivity index is 0.00000385. The molecule has 1 unspecified atom stereocenters. The van der Waals surface area contributed by atoms with Gasteiger partial charge in [-0.25, -0.2) is 4.99 Å². The number of aliphatic imine (C=N–C) groups is 1. The fourth-order valence-electron chi connectivity index (χ4n) is 4.20. The first-order valence-electron chi connectivity index (χ1n) is 12.3. The van der Waals surface area contributed by atoms with E-state index < -0.39 is 0 Å². The molecule has 0 aromatic heterocycles. The monoisotopic (exact) mass is 572 g/mol. The lowest BCUT2D eigenvalue weighted by molar-refractivity contribution is -0.121. The van der Waals surface area contributed by atoms with E-state index in [0.29, 0.717) is 44.0 Å². The van der Waals surface area contributed by atoms with E-state index in [1.165, 1.54) is 24.8 Å². The van der Waals surface area contributed by atoms with Gasteiger partial charge < -0.3 is 25.4 Å². The van der Waals surface area contributed by atoms with Gasteiger partial charge >= 0.3 is 0 Å². The lowest BCUT2D eigenvalue weighted by atomic mass is 9.95. The highest BCUT2D eigenvalue weighted by Crippen LogP contribution is 2.23. The summed E-state index contributed by atoms with van der Waals surface area (Å²) in [5.74, 6) is 2.19. The lowest BCUT2D eigenvalue weighted by Crippen LogP contribution is -2.41. The number of nitrogens with zero attached hydrogens (tertiary/aromatic N) is 1. The summed E-state index contributed by atoms with van der Waals surface area (Å²) in [6, 6.07) is 6.61. The van der Waals surface area contributed by atoms with Gasteiger partial charge in [-0.1, -0.05) is 31.4 Å². The molecule has 0 bridgehead atoms. The third-order valence-electron chi connectivity index (χ3n) is 6.09. The normalized spacial score (nSPS) is 19.0. The van der Waals surface area contributed by atoms with Crippen LogP contribution >= 0.6 is 24.0 Å². The van der Waals surface area contributed by atoms with Crippen LogP contribution in [0.3, 0.4) is 0 Å². The Morgan fingerprint density at radius 3 is 2.73 bits per heavy atom. The molecule has 2 fully saturated rings. The average Bonchev–Trinajstić information content (AvgIpc) is 3.31. The summed E-state index contributed by atoms with van der Waals surface area (Å²) in [4.78, 5) is 17.0. The fourth-order valence-corrected chi connectivity index (χ4v) is 4.20. The molecule has 1 aliphatic carbocycles. The number of aryl methyl sites for hydroxylation is 1. The molecule has 0 spiro atoms. The smallest absolute Gasteiger partial charge is 0.221 e. The Kier molecular flexibility index (Phi) is 12.9. The predicted molar refractivity (Wildman–Crippen MR) is 143 cm³/mol. The van der Waals surface area contributed by atoms with E-state index in [-0.39, 0.29) is 29.9 Å². The molecule has 8 heteroatoms. The maximum atomic E-state index is 12.3. The van der Waals surface area contributed by atoms with Gasteiger partial charge in [-0.05, 0) is 44.7 Å². The van der Waals surface area contributed by atoms with Crippen LogP contribution in [-0.2, 0) is 16.1 Å². The van der Waals surface area contributed by atoms with E-state index in [2.05, 4.69) is 41.1 Å². The van der Waals surface area contributed by atoms with Gasteiger partial charge in [0.1, 0.15) is 5.75 Å². The zero-order chi connectivity index (χ0) is 22.6. The molecule has 2 aliphatic rings. The molecular weight excluding hydrogens is 531 g/mol. The molecule has 1 heterocycles. The zero-order valence-corrected chi connectivity index (χ0v) is 22.5. The van der Waals surface area contributed by atoms with Gasteiger partial charge in [0.2, 0.25) is 5.91 Å². The number of guanidine groups is 1. The molecule has 3 N–H and O–H groups in total. The zero-order valence-electron chi connectivity index (χ0n) is 20.2. The SMILES string of the molecule is CCNC(=NCc1ccc(C)cc1OCC1CCOC1)NCCC(=O)NC1CCCCC1.I. The van der Waals surface area contributed by atoms with Gasteiger partial charge in [-0.3, -0.25) is 4.79 Å². The fraction of sp³-hybridized carbons (Fsp3) is 0.680. The number of carbonyl (C=O) groups is 1. The Labute approximate surface area is 215 Å². The lowest BCUT2D eigenvalue weighted by Gasteiger charge is -2.22. The van der Waals surface area contributed by atoms with Crippen LogP contribution in [0, 0.1) is 12.8 Å². The van der Waals surface area contributed by atoms with Crippen molar-refractivity contribution in [3.63, 3.8) is 0 Å². The summed E-state index contributed by atoms with van der Waals surface area (Å²) in [5, 5.41) is 9.72. The number of halogens is 1. The van der Waals surface area contributed by atoms with Crippen molar-refractivity contribution in [3.8, 4) is 5.75 Å². The van der Waals surface area contributed by atoms with Crippen molar-refractivity contribution in [3.05, 3.63) is 29.3 Å². The van der Waals surface area contributed by atoms with Gasteiger partial charge in [0.15, 0.2) is 5.96 Å². The number of ether oxygens (including phenoxy) is 2. The van der Waals surface area contributed by atoms with Gasteiger partial charge in [-0.2, -0.15) is 0 Å². The van der Waals surface area contributed by atoms with E-state index in [4.69, 9.17) is 14.5 Å². The number of hydrogen-bond donors (Lipinski definition) is 3. The molecule has 1 aromatic rings. The van der Waals surface area contributed by atoms with Gasteiger partial charge in [-0.15, -0.1) is 24.0 Å². The van der Waals surface area contributed by atoms with Crippen LogP contribution in [0.4, 0.5) is 0 Å². The van der Waals surface area contributed by atoms with Crippen LogP contribution < -0.4 is 20.7 Å². The van der Waals surface area contributed by atoms with E-state index >= 15 is 0 Å². The number of nitrogens with one attached hydrogen (secondary N) is 3. The molecule has 7 nitrogen and oxygen atoms in total. The third kappa shape index (κ3) is 10.1. The summed E-state index contributed by atoms with van der Waals surface area (Å²) < 4.78 is 11.6. The van der Waals surface area contributed by atoms with E-state index in [1.807, 2.05) is 6.92 Å². The maximum absolute atomic E-state index is 12.3. The van der Waals surface area contributed by atoms with Crippen molar-refractivity contribution in [1.29, 1.82) is 0 Å². The minimum absolute atomic E-state index is 0. The van der Waals surface area contributed by atoms with Crippen molar-refractivity contribution in [1.82, 2.24) is 16.0 Å². The van der Waals surface area contributed by atoms with E-state index in [1.54, 1.807) is 0 Å². The average molecular weight is 573 g/mol. The molecule has 33 heavy (non-hydrogen) atoms. The summed E-state index contributed by atoms with van der Waals surface area (Å²) in [6.45, 7) is 8.23. The van der Waals surface area contributed by atoms with Crippen LogP contribution in [-0.4, -0.2) is 50.8 Å². The van der Waals surface area contributed by atoms with Crippen LogP contribution in [0.5, 0.6) is 5.75 Å². The van der Waals surface area contributed by atoms with Gasteiger partial charge in [0, 0.05) is 43.6 Å². The molecule has 1 aromatic carbocycles. The largest absolute Gasteiger partial charge is 0.493 e. The maximum Gasteiger partial charge on any atom is 0.221 e. The highest BCUT2D eigenvalue weighted by atomic mass is 127. The van der Waals surface area contributed by atoms with Crippen molar-refractivity contribution in [2.24, 2.45) is 10.9 Å². The number of rotatable bonds is 10. The van der Waals surface area contributed by atoms with Gasteiger partial charge in [0.05, 0.1) is 19.8 Å². The second-order valence-electron chi connectivity index (χ2n) is 8.93. The second-order valence-corrected chi connectivity index (χ2v) is 8.93. The Morgan fingerprint density at radius 2 is 2.00 bits per heavy atom. The quantitative estimate of drug-likeness (QED) is 0.225. The molecule has 0 radical (unpaired) electrons.